The first kappa shape index (κ1) is 62.5. The zero-order chi connectivity index (χ0) is 47.1. The molecule has 1 unspecified atom stereocenters. The zero-order valence-electron chi connectivity index (χ0n) is 42.8. The molecular formula is C54H105NO8P+. The van der Waals surface area contributed by atoms with Crippen LogP contribution in [0.25, 0.3) is 0 Å². The monoisotopic (exact) mass is 927 g/mol. The fourth-order valence-corrected chi connectivity index (χ4v) is 8.46. The van der Waals surface area contributed by atoms with Crippen LogP contribution in [0.3, 0.4) is 0 Å². The highest BCUT2D eigenvalue weighted by Gasteiger charge is 2.27. The van der Waals surface area contributed by atoms with Crippen molar-refractivity contribution in [2.24, 2.45) is 0 Å². The van der Waals surface area contributed by atoms with Crippen LogP contribution >= 0.6 is 7.82 Å². The van der Waals surface area contributed by atoms with Crippen LogP contribution in [0.1, 0.15) is 258 Å². The normalized spacial score (nSPS) is 13.5. The Kier molecular flexibility index (Phi) is 45.5. The van der Waals surface area contributed by atoms with Crippen LogP contribution < -0.4 is 0 Å². The molecule has 0 aromatic heterocycles. The van der Waals surface area contributed by atoms with Gasteiger partial charge in [-0.15, -0.1) is 0 Å². The van der Waals surface area contributed by atoms with E-state index in [4.69, 9.17) is 18.5 Å². The third-order valence-electron chi connectivity index (χ3n) is 12.0. The molecule has 0 aliphatic heterocycles. The van der Waals surface area contributed by atoms with Crippen LogP contribution in [0.5, 0.6) is 0 Å². The molecule has 0 aliphatic carbocycles. The lowest BCUT2D eigenvalue weighted by Gasteiger charge is -2.24. The maximum atomic E-state index is 12.8. The van der Waals surface area contributed by atoms with E-state index < -0.39 is 32.5 Å². The van der Waals surface area contributed by atoms with Crippen LogP contribution in [0.4, 0.5) is 0 Å². The van der Waals surface area contributed by atoms with Crippen molar-refractivity contribution in [3.63, 3.8) is 0 Å². The number of phosphoric ester groups is 1. The summed E-state index contributed by atoms with van der Waals surface area (Å²) in [6, 6.07) is 0. The van der Waals surface area contributed by atoms with E-state index in [1.54, 1.807) is 0 Å². The summed E-state index contributed by atoms with van der Waals surface area (Å²) in [6.07, 6.45) is 53.9. The number of carbonyl (C=O) groups excluding carboxylic acids is 2. The number of rotatable bonds is 50. The highest BCUT2D eigenvalue weighted by molar-refractivity contribution is 7.47. The molecule has 64 heavy (non-hydrogen) atoms. The molecule has 378 valence electrons. The molecule has 0 fully saturated rings. The number of ether oxygens (including phenoxy) is 2. The summed E-state index contributed by atoms with van der Waals surface area (Å²) in [5.74, 6) is -0.826. The van der Waals surface area contributed by atoms with Crippen molar-refractivity contribution in [1.29, 1.82) is 0 Å². The Balaban J connectivity index is 4.20. The lowest BCUT2D eigenvalue weighted by molar-refractivity contribution is -0.870. The SMILES string of the molecule is CCCCCC/C=C/CCCCCCCCCCCC(=O)O[C@@H](COC(=O)CCC/C=C/CCCCCCCCCCCCCCCCCCCC)COP(=O)(O)OCC[N+](C)(C)C. The molecular weight excluding hydrogens is 822 g/mol. The summed E-state index contributed by atoms with van der Waals surface area (Å²) in [4.78, 5) is 35.6. The number of phosphoric acid groups is 1. The van der Waals surface area contributed by atoms with E-state index in [1.165, 1.54) is 186 Å². The number of esters is 2. The van der Waals surface area contributed by atoms with Gasteiger partial charge in [0.05, 0.1) is 27.7 Å². The third-order valence-corrected chi connectivity index (χ3v) is 12.9. The van der Waals surface area contributed by atoms with Crippen molar-refractivity contribution in [2.75, 3.05) is 47.5 Å². The molecule has 9 nitrogen and oxygen atoms in total. The lowest BCUT2D eigenvalue weighted by Crippen LogP contribution is -2.37. The van der Waals surface area contributed by atoms with Gasteiger partial charge in [-0.2, -0.15) is 0 Å². The molecule has 0 saturated carbocycles. The summed E-state index contributed by atoms with van der Waals surface area (Å²) >= 11 is 0. The van der Waals surface area contributed by atoms with Gasteiger partial charge in [-0.05, 0) is 57.8 Å². The number of likely N-dealkylation sites (N-methyl/N-ethyl adjacent to an activating group) is 1. The highest BCUT2D eigenvalue weighted by atomic mass is 31.2. The van der Waals surface area contributed by atoms with E-state index in [-0.39, 0.29) is 26.1 Å². The minimum absolute atomic E-state index is 0.0294. The molecule has 0 radical (unpaired) electrons. The van der Waals surface area contributed by atoms with Gasteiger partial charge in [0.2, 0.25) is 0 Å². The molecule has 2 atom stereocenters. The number of carbonyl (C=O) groups is 2. The molecule has 10 heteroatoms. The Morgan fingerprint density at radius 2 is 0.812 bits per heavy atom. The fraction of sp³-hybridized carbons (Fsp3) is 0.889. The van der Waals surface area contributed by atoms with Crippen molar-refractivity contribution in [1.82, 2.24) is 0 Å². The quantitative estimate of drug-likeness (QED) is 0.0211. The molecule has 0 aliphatic rings. The maximum absolute atomic E-state index is 12.8. The molecule has 0 spiro atoms. The first-order valence-corrected chi connectivity index (χ1v) is 28.6. The second-order valence-corrected chi connectivity index (χ2v) is 21.1. The first-order valence-electron chi connectivity index (χ1n) is 27.1. The standard InChI is InChI=1S/C54H104NO8P/c1-6-8-10-12-14-16-18-20-22-24-25-26-27-28-29-31-32-34-36-38-40-42-44-46-53(56)60-50-52(51-62-64(58,59)61-49-48-55(3,4)5)63-54(57)47-45-43-41-39-37-35-33-30-23-21-19-17-15-13-11-9-7-2/h17,19,38,40,52H,6-16,18,20-37,39,41-51H2,1-5H3/p+1/b19-17+,40-38+/t52-/m0/s1. The summed E-state index contributed by atoms with van der Waals surface area (Å²) in [6.45, 7) is 4.43. The van der Waals surface area contributed by atoms with E-state index in [2.05, 4.69) is 38.2 Å². The second kappa shape index (κ2) is 46.6. The van der Waals surface area contributed by atoms with Crippen molar-refractivity contribution in [3.8, 4) is 0 Å². The summed E-state index contributed by atoms with van der Waals surface area (Å²) in [5, 5.41) is 0. The van der Waals surface area contributed by atoms with Crippen molar-refractivity contribution < 1.29 is 42.1 Å². The fourth-order valence-electron chi connectivity index (χ4n) is 7.72. The molecule has 1 N–H and O–H groups in total. The van der Waals surface area contributed by atoms with Gasteiger partial charge in [0, 0.05) is 12.8 Å². The Morgan fingerprint density at radius 3 is 1.22 bits per heavy atom. The van der Waals surface area contributed by atoms with Gasteiger partial charge < -0.3 is 18.9 Å². The van der Waals surface area contributed by atoms with Crippen LogP contribution in [0.2, 0.25) is 0 Å². The van der Waals surface area contributed by atoms with Gasteiger partial charge in [0.1, 0.15) is 19.8 Å². The Hall–Kier alpha value is -1.51. The molecule has 0 aromatic rings. The van der Waals surface area contributed by atoms with Crippen LogP contribution in [0.15, 0.2) is 24.3 Å². The van der Waals surface area contributed by atoms with Gasteiger partial charge in [-0.3, -0.25) is 18.6 Å². The number of hydrogen-bond acceptors (Lipinski definition) is 7. The van der Waals surface area contributed by atoms with Crippen molar-refractivity contribution in [2.45, 2.75) is 264 Å². The smallest absolute Gasteiger partial charge is 0.462 e. The van der Waals surface area contributed by atoms with E-state index in [0.29, 0.717) is 23.9 Å². The first-order chi connectivity index (χ1) is 31.0. The van der Waals surface area contributed by atoms with E-state index >= 15 is 0 Å². The van der Waals surface area contributed by atoms with Crippen molar-refractivity contribution in [3.05, 3.63) is 24.3 Å². The predicted molar refractivity (Wildman–Crippen MR) is 271 cm³/mol. The van der Waals surface area contributed by atoms with Gasteiger partial charge in [0.15, 0.2) is 6.10 Å². The number of allylic oxidation sites excluding steroid dienone is 4. The Morgan fingerprint density at radius 1 is 0.469 bits per heavy atom. The number of quaternary nitrogens is 1. The summed E-state index contributed by atoms with van der Waals surface area (Å²) in [5.41, 5.74) is 0. The highest BCUT2D eigenvalue weighted by Crippen LogP contribution is 2.43. The molecule has 0 saturated heterocycles. The van der Waals surface area contributed by atoms with Gasteiger partial charge in [-0.1, -0.05) is 212 Å². The second-order valence-electron chi connectivity index (χ2n) is 19.6. The number of nitrogens with zero attached hydrogens (tertiary/aromatic N) is 1. The number of unbranched alkanes of at least 4 members (excludes halogenated alkanes) is 32. The molecule has 0 amide bonds. The molecule has 0 heterocycles. The minimum Gasteiger partial charge on any atom is -0.462 e. The van der Waals surface area contributed by atoms with E-state index in [9.17, 15) is 19.0 Å². The topological polar surface area (TPSA) is 108 Å². The van der Waals surface area contributed by atoms with Crippen LogP contribution in [-0.4, -0.2) is 74.9 Å². The largest absolute Gasteiger partial charge is 0.472 e. The van der Waals surface area contributed by atoms with Crippen LogP contribution in [-0.2, 0) is 32.7 Å². The molecule has 0 bridgehead atoms. The zero-order valence-corrected chi connectivity index (χ0v) is 43.7. The predicted octanol–water partition coefficient (Wildman–Crippen LogP) is 16.3. The maximum Gasteiger partial charge on any atom is 0.472 e. The van der Waals surface area contributed by atoms with Gasteiger partial charge in [-0.25, -0.2) is 4.57 Å². The molecule has 0 aromatic carbocycles. The average Bonchev–Trinajstić information content (AvgIpc) is 3.25. The summed E-state index contributed by atoms with van der Waals surface area (Å²) in [7, 11) is 1.47. The third kappa shape index (κ3) is 49.9. The van der Waals surface area contributed by atoms with Gasteiger partial charge >= 0.3 is 19.8 Å². The minimum atomic E-state index is -4.38. The molecule has 0 rings (SSSR count). The Bertz CT molecular complexity index is 1140. The lowest BCUT2D eigenvalue weighted by atomic mass is 10.0. The average molecular weight is 927 g/mol. The number of hydrogen-bond donors (Lipinski definition) is 1. The van der Waals surface area contributed by atoms with E-state index in [0.717, 1.165) is 32.1 Å². The van der Waals surface area contributed by atoms with E-state index in [1.807, 2.05) is 21.1 Å². The van der Waals surface area contributed by atoms with Gasteiger partial charge in [0.25, 0.3) is 0 Å². The van der Waals surface area contributed by atoms with Crippen LogP contribution in [0, 0.1) is 0 Å². The Labute approximate surface area is 396 Å². The van der Waals surface area contributed by atoms with Crippen molar-refractivity contribution >= 4 is 19.8 Å². The summed E-state index contributed by atoms with van der Waals surface area (Å²) < 4.78 is 34.5.